The largest absolute Gasteiger partial charge is 0.313 e. The number of nitrogens with zero attached hydrogens (tertiary/aromatic N) is 1. The Morgan fingerprint density at radius 3 is 2.82 bits per heavy atom. The molecule has 0 atom stereocenters. The van der Waals surface area contributed by atoms with Gasteiger partial charge in [0.2, 0.25) is 0 Å². The molecule has 0 saturated carbocycles. The van der Waals surface area contributed by atoms with Crippen LogP contribution >= 0.6 is 27.3 Å². The minimum atomic E-state index is 1.02. The van der Waals surface area contributed by atoms with Crippen molar-refractivity contribution in [2.24, 2.45) is 5.10 Å². The van der Waals surface area contributed by atoms with Crippen LogP contribution in [0.25, 0.3) is 0 Å². The highest BCUT2D eigenvalue weighted by molar-refractivity contribution is 9.11. The van der Waals surface area contributed by atoms with Gasteiger partial charge in [0.15, 0.2) is 0 Å². The maximum absolute atomic E-state index is 4.06. The van der Waals surface area contributed by atoms with Crippen LogP contribution in [0.3, 0.4) is 0 Å². The molecule has 0 amide bonds. The third-order valence-corrected chi connectivity index (χ3v) is 2.94. The van der Waals surface area contributed by atoms with E-state index in [0.29, 0.717) is 0 Å². The molecule has 60 valence electrons. The van der Waals surface area contributed by atoms with E-state index in [-0.39, 0.29) is 0 Å². The summed E-state index contributed by atoms with van der Waals surface area (Å²) in [4.78, 5) is 1.19. The van der Waals surface area contributed by atoms with Crippen molar-refractivity contribution in [3.05, 3.63) is 20.8 Å². The van der Waals surface area contributed by atoms with Gasteiger partial charge >= 0.3 is 0 Å². The van der Waals surface area contributed by atoms with Crippen LogP contribution in [0.4, 0.5) is 0 Å². The molecule has 0 aliphatic carbocycles. The van der Waals surface area contributed by atoms with Crippen LogP contribution in [0.15, 0.2) is 21.0 Å². The predicted octanol–water partition coefficient (Wildman–Crippen LogP) is 2.45. The Balaban J connectivity index is 2.84. The van der Waals surface area contributed by atoms with Gasteiger partial charge < -0.3 is 5.43 Å². The lowest BCUT2D eigenvalue weighted by Gasteiger charge is -1.93. The second kappa shape index (κ2) is 3.88. The van der Waals surface area contributed by atoms with Gasteiger partial charge in [0.05, 0.1) is 14.4 Å². The highest BCUT2D eigenvalue weighted by Crippen LogP contribution is 2.22. The van der Waals surface area contributed by atoms with E-state index < -0.39 is 0 Å². The molecule has 0 aromatic carbocycles. The van der Waals surface area contributed by atoms with Gasteiger partial charge in [-0.3, -0.25) is 0 Å². The molecule has 0 radical (unpaired) electrons. The van der Waals surface area contributed by atoms with E-state index in [9.17, 15) is 0 Å². The average molecular weight is 233 g/mol. The van der Waals surface area contributed by atoms with Crippen molar-refractivity contribution in [1.29, 1.82) is 0 Å². The zero-order valence-electron chi connectivity index (χ0n) is 6.39. The van der Waals surface area contributed by atoms with Crippen molar-refractivity contribution < 1.29 is 0 Å². The van der Waals surface area contributed by atoms with Gasteiger partial charge in [-0.25, -0.2) is 0 Å². The molecule has 1 aromatic rings. The first-order chi connectivity index (χ1) is 5.24. The van der Waals surface area contributed by atoms with Crippen LogP contribution < -0.4 is 5.43 Å². The fraction of sp³-hybridized carbons (Fsp3) is 0.286. The van der Waals surface area contributed by atoms with Crippen molar-refractivity contribution >= 4 is 33.0 Å². The molecule has 2 nitrogen and oxygen atoms in total. The molecule has 0 fully saturated rings. The number of rotatable bonds is 2. The van der Waals surface area contributed by atoms with Crippen molar-refractivity contribution in [3.8, 4) is 0 Å². The van der Waals surface area contributed by atoms with Crippen molar-refractivity contribution in [1.82, 2.24) is 5.43 Å². The first kappa shape index (κ1) is 8.74. The fourth-order valence-electron chi connectivity index (χ4n) is 0.732. The van der Waals surface area contributed by atoms with Gasteiger partial charge in [-0.1, -0.05) is 0 Å². The molecule has 0 spiro atoms. The molecule has 4 heteroatoms. The van der Waals surface area contributed by atoms with Gasteiger partial charge in [0, 0.05) is 7.05 Å². The molecular formula is C7H9BrN2S. The Bertz CT molecular complexity index is 267. The fourth-order valence-corrected chi connectivity index (χ4v) is 2.06. The van der Waals surface area contributed by atoms with Gasteiger partial charge in [0.1, 0.15) is 0 Å². The van der Waals surface area contributed by atoms with Crippen LogP contribution in [0, 0.1) is 0 Å². The Morgan fingerprint density at radius 1 is 1.64 bits per heavy atom. The molecule has 0 saturated heterocycles. The van der Waals surface area contributed by atoms with Gasteiger partial charge in [-0.2, -0.15) is 5.10 Å². The molecule has 1 aromatic heterocycles. The lowest BCUT2D eigenvalue weighted by Crippen LogP contribution is -2.00. The molecular weight excluding hydrogens is 224 g/mol. The first-order valence-corrected chi connectivity index (χ1v) is 4.81. The molecule has 1 heterocycles. The number of hydrazone groups is 1. The molecule has 0 aliphatic heterocycles. The number of thiophene rings is 1. The average Bonchev–Trinajstić information content (AvgIpc) is 2.36. The molecule has 0 aliphatic rings. The summed E-state index contributed by atoms with van der Waals surface area (Å²) in [5, 5.41) is 4.06. The number of hydrogen-bond donors (Lipinski definition) is 1. The lowest BCUT2D eigenvalue weighted by atomic mass is 10.3. The second-order valence-corrected chi connectivity index (χ2v) is 4.49. The summed E-state index contributed by atoms with van der Waals surface area (Å²) in [6, 6.07) is 4.07. The topological polar surface area (TPSA) is 24.4 Å². The number of nitrogens with one attached hydrogen (secondary N) is 1. The van der Waals surface area contributed by atoms with Crippen molar-refractivity contribution in [2.45, 2.75) is 6.92 Å². The summed E-state index contributed by atoms with van der Waals surface area (Å²) in [6.45, 7) is 1.98. The standard InChI is InChI=1S/C7H9BrN2S/c1-5(10-9-2)6-3-4-7(8)11-6/h3-4,9H,1-2H3. The first-order valence-electron chi connectivity index (χ1n) is 3.21. The summed E-state index contributed by atoms with van der Waals surface area (Å²) in [7, 11) is 1.80. The van der Waals surface area contributed by atoms with E-state index in [1.165, 1.54) is 4.88 Å². The predicted molar refractivity (Wildman–Crippen MR) is 53.3 cm³/mol. The van der Waals surface area contributed by atoms with Gasteiger partial charge in [-0.05, 0) is 35.0 Å². The molecule has 1 N–H and O–H groups in total. The van der Waals surface area contributed by atoms with Crippen LogP contribution in [0.5, 0.6) is 0 Å². The van der Waals surface area contributed by atoms with Gasteiger partial charge in [-0.15, -0.1) is 11.3 Å². The molecule has 0 bridgehead atoms. The highest BCUT2D eigenvalue weighted by atomic mass is 79.9. The van der Waals surface area contributed by atoms with Crippen molar-refractivity contribution in [3.63, 3.8) is 0 Å². The zero-order chi connectivity index (χ0) is 8.27. The van der Waals surface area contributed by atoms with E-state index in [1.54, 1.807) is 18.4 Å². The smallest absolute Gasteiger partial charge is 0.0744 e. The minimum Gasteiger partial charge on any atom is -0.313 e. The van der Waals surface area contributed by atoms with E-state index >= 15 is 0 Å². The van der Waals surface area contributed by atoms with E-state index in [2.05, 4.69) is 26.5 Å². The molecule has 1 rings (SSSR count). The molecule has 11 heavy (non-hydrogen) atoms. The monoisotopic (exact) mass is 232 g/mol. The van der Waals surface area contributed by atoms with Crippen molar-refractivity contribution in [2.75, 3.05) is 7.05 Å². The van der Waals surface area contributed by atoms with E-state index in [1.807, 2.05) is 19.1 Å². The summed E-state index contributed by atoms with van der Waals surface area (Å²) in [5.74, 6) is 0. The third-order valence-electron chi connectivity index (χ3n) is 1.21. The van der Waals surface area contributed by atoms with E-state index in [4.69, 9.17) is 0 Å². The SMILES string of the molecule is CNN=C(C)c1ccc(Br)s1. The highest BCUT2D eigenvalue weighted by Gasteiger charge is 1.99. The summed E-state index contributed by atoms with van der Waals surface area (Å²) in [5.41, 5.74) is 3.77. The zero-order valence-corrected chi connectivity index (χ0v) is 8.79. The lowest BCUT2D eigenvalue weighted by molar-refractivity contribution is 0.900. The Labute approximate surface area is 78.4 Å². The number of halogens is 1. The normalized spacial score (nSPS) is 11.7. The Hall–Kier alpha value is -0.350. The summed E-state index contributed by atoms with van der Waals surface area (Å²) >= 11 is 5.08. The third kappa shape index (κ3) is 2.31. The maximum atomic E-state index is 4.06. The summed E-state index contributed by atoms with van der Waals surface area (Å²) < 4.78 is 1.14. The van der Waals surface area contributed by atoms with Crippen LogP contribution in [0.1, 0.15) is 11.8 Å². The summed E-state index contributed by atoms with van der Waals surface area (Å²) in [6.07, 6.45) is 0. The quantitative estimate of drug-likeness (QED) is 0.615. The Morgan fingerprint density at radius 2 is 2.36 bits per heavy atom. The van der Waals surface area contributed by atoms with Crippen LogP contribution in [-0.4, -0.2) is 12.8 Å². The minimum absolute atomic E-state index is 1.02. The van der Waals surface area contributed by atoms with Gasteiger partial charge in [0.25, 0.3) is 0 Å². The second-order valence-electron chi connectivity index (χ2n) is 2.02. The Kier molecular flexibility index (Phi) is 3.08. The maximum Gasteiger partial charge on any atom is 0.0744 e. The molecule has 0 unspecified atom stereocenters. The van der Waals surface area contributed by atoms with E-state index in [0.717, 1.165) is 9.50 Å². The van der Waals surface area contributed by atoms with Crippen LogP contribution in [-0.2, 0) is 0 Å². The number of hydrogen-bond acceptors (Lipinski definition) is 3. The van der Waals surface area contributed by atoms with Crippen LogP contribution in [0.2, 0.25) is 0 Å².